The van der Waals surface area contributed by atoms with E-state index < -0.39 is 0 Å². The Morgan fingerprint density at radius 3 is 2.71 bits per heavy atom. The van der Waals surface area contributed by atoms with E-state index in [4.69, 9.17) is 4.74 Å². The van der Waals surface area contributed by atoms with Crippen LogP contribution in [0.2, 0.25) is 0 Å². The molecule has 1 heterocycles. The van der Waals surface area contributed by atoms with Crippen molar-refractivity contribution in [3.8, 4) is 5.88 Å². The number of hydrogen-bond donors (Lipinski definition) is 1. The molecule has 1 saturated carbocycles. The first-order chi connectivity index (χ1) is 8.13. The summed E-state index contributed by atoms with van der Waals surface area (Å²) in [6.45, 7) is 6.21. The Labute approximate surface area is 103 Å². The van der Waals surface area contributed by atoms with Gasteiger partial charge in [0.15, 0.2) is 0 Å². The van der Waals surface area contributed by atoms with Crippen molar-refractivity contribution in [2.24, 2.45) is 0 Å². The summed E-state index contributed by atoms with van der Waals surface area (Å²) in [7, 11) is 0. The molecule has 4 heteroatoms. The number of rotatable bonds is 5. The summed E-state index contributed by atoms with van der Waals surface area (Å²) in [4.78, 5) is 8.37. The summed E-state index contributed by atoms with van der Waals surface area (Å²) in [6, 6.07) is 1.88. The average Bonchev–Trinajstić information content (AvgIpc) is 2.23. The highest BCUT2D eigenvalue weighted by Gasteiger charge is 2.35. The topological polar surface area (TPSA) is 47.0 Å². The lowest BCUT2D eigenvalue weighted by molar-refractivity contribution is 0.232. The zero-order valence-corrected chi connectivity index (χ0v) is 10.9. The van der Waals surface area contributed by atoms with Crippen LogP contribution in [0.25, 0.3) is 0 Å². The van der Waals surface area contributed by atoms with Gasteiger partial charge in [0, 0.05) is 11.6 Å². The van der Waals surface area contributed by atoms with Crippen molar-refractivity contribution in [2.75, 3.05) is 5.32 Å². The lowest BCUT2D eigenvalue weighted by atomic mass is 9.75. The zero-order valence-electron chi connectivity index (χ0n) is 10.9. The molecule has 1 N–H and O–H groups in total. The van der Waals surface area contributed by atoms with Crippen LogP contribution in [0, 0.1) is 0 Å². The fraction of sp³-hybridized carbons (Fsp3) is 0.692. The van der Waals surface area contributed by atoms with Gasteiger partial charge in [-0.1, -0.05) is 6.92 Å². The molecule has 0 amide bonds. The largest absolute Gasteiger partial charge is 0.475 e. The summed E-state index contributed by atoms with van der Waals surface area (Å²) in [6.07, 6.45) is 6.60. The number of ether oxygens (including phenoxy) is 1. The van der Waals surface area contributed by atoms with Gasteiger partial charge in [-0.05, 0) is 39.5 Å². The van der Waals surface area contributed by atoms with Crippen LogP contribution in [0.15, 0.2) is 12.4 Å². The highest BCUT2D eigenvalue weighted by Crippen LogP contribution is 2.37. The number of anilines is 1. The van der Waals surface area contributed by atoms with E-state index in [2.05, 4.69) is 22.2 Å². The first-order valence-corrected chi connectivity index (χ1v) is 6.40. The van der Waals surface area contributed by atoms with Crippen molar-refractivity contribution in [2.45, 2.75) is 58.1 Å². The third-order valence-electron chi connectivity index (χ3n) is 3.38. The van der Waals surface area contributed by atoms with Crippen LogP contribution in [0.5, 0.6) is 5.88 Å². The predicted molar refractivity (Wildman–Crippen MR) is 68.3 cm³/mol. The van der Waals surface area contributed by atoms with E-state index in [0.29, 0.717) is 5.88 Å². The Bertz CT molecular complexity index is 369. The van der Waals surface area contributed by atoms with E-state index in [1.807, 2.05) is 19.9 Å². The van der Waals surface area contributed by atoms with Crippen LogP contribution >= 0.6 is 0 Å². The molecule has 1 fully saturated rings. The second-order valence-electron chi connectivity index (χ2n) is 5.02. The van der Waals surface area contributed by atoms with Gasteiger partial charge in [-0.2, -0.15) is 0 Å². The second-order valence-corrected chi connectivity index (χ2v) is 5.02. The fourth-order valence-corrected chi connectivity index (χ4v) is 2.16. The molecule has 0 radical (unpaired) electrons. The number of hydrogen-bond acceptors (Lipinski definition) is 4. The van der Waals surface area contributed by atoms with Gasteiger partial charge < -0.3 is 10.1 Å². The SMILES string of the molecule is CCC1(Nc2cc(OC(C)C)ncn2)CCC1. The van der Waals surface area contributed by atoms with Gasteiger partial charge in [0.1, 0.15) is 12.1 Å². The van der Waals surface area contributed by atoms with E-state index in [1.54, 1.807) is 6.33 Å². The third kappa shape index (κ3) is 2.87. The molecule has 0 saturated heterocycles. The molecule has 1 aliphatic rings. The highest BCUT2D eigenvalue weighted by atomic mass is 16.5. The van der Waals surface area contributed by atoms with E-state index >= 15 is 0 Å². The van der Waals surface area contributed by atoms with Crippen LogP contribution in [-0.4, -0.2) is 21.6 Å². The average molecular weight is 235 g/mol. The molecule has 0 unspecified atom stereocenters. The molecule has 1 aromatic heterocycles. The smallest absolute Gasteiger partial charge is 0.218 e. The van der Waals surface area contributed by atoms with Gasteiger partial charge in [0.2, 0.25) is 5.88 Å². The molecule has 1 aliphatic carbocycles. The molecule has 2 rings (SSSR count). The quantitative estimate of drug-likeness (QED) is 0.852. The van der Waals surface area contributed by atoms with Crippen LogP contribution < -0.4 is 10.1 Å². The first-order valence-electron chi connectivity index (χ1n) is 6.40. The molecule has 0 aromatic carbocycles. The van der Waals surface area contributed by atoms with E-state index in [1.165, 1.54) is 19.3 Å². The molecule has 0 aliphatic heterocycles. The standard InChI is InChI=1S/C13H21N3O/c1-4-13(6-5-7-13)16-11-8-12(15-9-14-11)17-10(2)3/h8-10H,4-7H2,1-3H3,(H,14,15,16). The van der Waals surface area contributed by atoms with Crippen molar-refractivity contribution in [1.29, 1.82) is 0 Å². The van der Waals surface area contributed by atoms with E-state index in [0.717, 1.165) is 12.2 Å². The van der Waals surface area contributed by atoms with Crippen LogP contribution in [-0.2, 0) is 0 Å². The summed E-state index contributed by atoms with van der Waals surface area (Å²) in [5.41, 5.74) is 0.253. The van der Waals surface area contributed by atoms with Crippen LogP contribution in [0.3, 0.4) is 0 Å². The molecule has 17 heavy (non-hydrogen) atoms. The minimum atomic E-state index is 0.140. The molecular formula is C13H21N3O. The van der Waals surface area contributed by atoms with Crippen molar-refractivity contribution < 1.29 is 4.74 Å². The minimum Gasteiger partial charge on any atom is -0.475 e. The third-order valence-corrected chi connectivity index (χ3v) is 3.38. The van der Waals surface area contributed by atoms with Gasteiger partial charge >= 0.3 is 0 Å². The fourth-order valence-electron chi connectivity index (χ4n) is 2.16. The van der Waals surface area contributed by atoms with E-state index in [9.17, 15) is 0 Å². The molecule has 0 spiro atoms. The number of nitrogens with one attached hydrogen (secondary N) is 1. The molecule has 1 aromatic rings. The molecule has 0 bridgehead atoms. The lowest BCUT2D eigenvalue weighted by Gasteiger charge is -2.42. The second kappa shape index (κ2) is 4.90. The summed E-state index contributed by atoms with van der Waals surface area (Å²) < 4.78 is 5.56. The van der Waals surface area contributed by atoms with Crippen molar-refractivity contribution >= 4 is 5.82 Å². The minimum absolute atomic E-state index is 0.140. The number of aromatic nitrogens is 2. The van der Waals surface area contributed by atoms with Gasteiger partial charge in [-0.15, -0.1) is 0 Å². The molecule has 94 valence electrons. The zero-order chi connectivity index (χ0) is 12.3. The predicted octanol–water partition coefficient (Wildman–Crippen LogP) is 3.01. The molecule has 0 atom stereocenters. The summed E-state index contributed by atoms with van der Waals surface area (Å²) >= 11 is 0. The Morgan fingerprint density at radius 1 is 1.41 bits per heavy atom. The first kappa shape index (κ1) is 12.1. The van der Waals surface area contributed by atoms with Crippen molar-refractivity contribution in [3.05, 3.63) is 12.4 Å². The van der Waals surface area contributed by atoms with Crippen molar-refractivity contribution in [1.82, 2.24) is 9.97 Å². The highest BCUT2D eigenvalue weighted by molar-refractivity contribution is 5.41. The Balaban J connectivity index is 2.05. The maximum absolute atomic E-state index is 5.56. The van der Waals surface area contributed by atoms with Crippen LogP contribution in [0.1, 0.15) is 46.5 Å². The van der Waals surface area contributed by atoms with Gasteiger partial charge in [0.05, 0.1) is 6.10 Å². The Morgan fingerprint density at radius 2 is 2.18 bits per heavy atom. The van der Waals surface area contributed by atoms with Crippen molar-refractivity contribution in [3.63, 3.8) is 0 Å². The molecular weight excluding hydrogens is 214 g/mol. The van der Waals surface area contributed by atoms with Gasteiger partial charge in [0.25, 0.3) is 0 Å². The maximum atomic E-state index is 5.56. The molecule has 4 nitrogen and oxygen atoms in total. The summed E-state index contributed by atoms with van der Waals surface area (Å²) in [5, 5.41) is 3.52. The van der Waals surface area contributed by atoms with E-state index in [-0.39, 0.29) is 11.6 Å². The summed E-state index contributed by atoms with van der Waals surface area (Å²) in [5.74, 6) is 1.51. The monoisotopic (exact) mass is 235 g/mol. The van der Waals surface area contributed by atoms with Gasteiger partial charge in [-0.3, -0.25) is 0 Å². The number of nitrogens with zero attached hydrogens (tertiary/aromatic N) is 2. The Kier molecular flexibility index (Phi) is 3.50. The Hall–Kier alpha value is -1.32. The normalized spacial score (nSPS) is 17.6. The lowest BCUT2D eigenvalue weighted by Crippen LogP contribution is -2.44. The van der Waals surface area contributed by atoms with Crippen LogP contribution in [0.4, 0.5) is 5.82 Å². The maximum Gasteiger partial charge on any atom is 0.218 e. The van der Waals surface area contributed by atoms with Gasteiger partial charge in [-0.25, -0.2) is 9.97 Å².